The lowest BCUT2D eigenvalue weighted by atomic mass is 9.73. The highest BCUT2D eigenvalue weighted by molar-refractivity contribution is 6.27. The fourth-order valence-electron chi connectivity index (χ4n) is 10.0. The zero-order valence-corrected chi connectivity index (χ0v) is 33.5. The monoisotopic (exact) mass is 767 g/mol. The first kappa shape index (κ1) is 34.4. The molecule has 0 spiro atoms. The van der Waals surface area contributed by atoms with E-state index in [9.17, 15) is 0 Å². The number of anilines is 3. The molecule has 3 heterocycles. The van der Waals surface area contributed by atoms with Gasteiger partial charge in [0.25, 0.3) is 0 Å². The van der Waals surface area contributed by atoms with Crippen LogP contribution in [0.15, 0.2) is 212 Å². The third-order valence-corrected chi connectivity index (χ3v) is 12.9. The van der Waals surface area contributed by atoms with E-state index < -0.39 is 0 Å². The maximum absolute atomic E-state index is 2.56. The van der Waals surface area contributed by atoms with Gasteiger partial charge < -0.3 is 14.0 Å². The summed E-state index contributed by atoms with van der Waals surface area (Å²) in [6, 6.07) is 77.5. The maximum atomic E-state index is 2.56. The predicted octanol–water partition coefficient (Wildman–Crippen LogP) is 15.3. The second-order valence-electron chi connectivity index (χ2n) is 16.6. The summed E-state index contributed by atoms with van der Waals surface area (Å²) in [5.41, 5.74) is 18.0. The first-order valence-electron chi connectivity index (χ1n) is 20.9. The van der Waals surface area contributed by atoms with Gasteiger partial charge in [-0.05, 0) is 106 Å². The highest BCUT2D eigenvalue weighted by atomic mass is 15.1. The summed E-state index contributed by atoms with van der Waals surface area (Å²) in [5, 5.41) is 5.16. The Morgan fingerprint density at radius 3 is 1.53 bits per heavy atom. The normalized spacial score (nSPS) is 13.0. The third kappa shape index (κ3) is 5.09. The van der Waals surface area contributed by atoms with Crippen LogP contribution in [0.1, 0.15) is 25.0 Å². The third-order valence-electron chi connectivity index (χ3n) is 12.9. The van der Waals surface area contributed by atoms with Crippen LogP contribution in [0.25, 0.3) is 77.2 Å². The number of aromatic nitrogens is 2. The lowest BCUT2D eigenvalue weighted by molar-refractivity contribution is 0.631. The standard InChI is InChI=1S/C57H41N3/c1-57(2)49-35-30-41(40-28-33-45(34-29-40)58(42-18-8-4-9-19-42)44-31-26-39(27-32-44)38-16-6-3-7-17-38)36-53(49)60-52-25-15-13-23-47(52)54-55-48(37-50(57)56(54)60)46-22-12-14-24-51(46)59(55)43-20-10-5-11-21-43/h3-37H,1-2H3. The molecule has 0 radical (unpaired) electrons. The number of hydrogen-bond donors (Lipinski definition) is 0. The van der Waals surface area contributed by atoms with Gasteiger partial charge >= 0.3 is 0 Å². The summed E-state index contributed by atoms with van der Waals surface area (Å²) in [6.45, 7) is 4.81. The van der Waals surface area contributed by atoms with Crippen LogP contribution < -0.4 is 4.90 Å². The first-order valence-corrected chi connectivity index (χ1v) is 20.9. The second-order valence-corrected chi connectivity index (χ2v) is 16.6. The molecule has 0 atom stereocenters. The van der Waals surface area contributed by atoms with Crippen molar-refractivity contribution in [1.82, 2.24) is 9.13 Å². The predicted molar refractivity (Wildman–Crippen MR) is 253 cm³/mol. The van der Waals surface area contributed by atoms with E-state index >= 15 is 0 Å². The number of benzene rings is 9. The molecular formula is C57H41N3. The minimum Gasteiger partial charge on any atom is -0.311 e. The number of rotatable bonds is 6. The SMILES string of the molecule is CC1(C)c2ccc(-c3ccc(N(c4ccccc4)c4ccc(-c5ccccc5)cc4)cc3)cc2-n2c3ccccc3c3c2c1cc1c2ccccc2n(-c2ccccc2)c13. The molecule has 9 aromatic carbocycles. The first-order chi connectivity index (χ1) is 29.5. The zero-order chi connectivity index (χ0) is 40.0. The van der Waals surface area contributed by atoms with Gasteiger partial charge in [0, 0.05) is 49.7 Å². The van der Waals surface area contributed by atoms with Crippen molar-refractivity contribution in [2.75, 3.05) is 4.90 Å². The van der Waals surface area contributed by atoms with E-state index in [1.54, 1.807) is 0 Å². The maximum Gasteiger partial charge on any atom is 0.0641 e. The molecule has 0 bridgehead atoms. The van der Waals surface area contributed by atoms with Crippen molar-refractivity contribution < 1.29 is 0 Å². The molecule has 0 saturated heterocycles. The highest BCUT2D eigenvalue weighted by Gasteiger charge is 2.37. The average molecular weight is 768 g/mol. The quantitative estimate of drug-likeness (QED) is 0.164. The number of fused-ring (bicyclic) bond motifs is 9. The fraction of sp³-hybridized carbons (Fsp3) is 0.0526. The van der Waals surface area contributed by atoms with Gasteiger partial charge in [-0.15, -0.1) is 0 Å². The highest BCUT2D eigenvalue weighted by Crippen LogP contribution is 2.52. The summed E-state index contributed by atoms with van der Waals surface area (Å²) >= 11 is 0. The summed E-state index contributed by atoms with van der Waals surface area (Å²) in [7, 11) is 0. The Hall–Kier alpha value is -7.62. The van der Waals surface area contributed by atoms with Crippen LogP contribution in [0.2, 0.25) is 0 Å². The van der Waals surface area contributed by atoms with E-state index in [2.05, 4.69) is 240 Å². The van der Waals surface area contributed by atoms with Crippen LogP contribution in [0.3, 0.4) is 0 Å². The number of nitrogens with zero attached hydrogens (tertiary/aromatic N) is 3. The molecular weight excluding hydrogens is 727 g/mol. The lowest BCUT2D eigenvalue weighted by Crippen LogP contribution is -2.26. The Morgan fingerprint density at radius 1 is 0.367 bits per heavy atom. The molecule has 11 aromatic rings. The summed E-state index contributed by atoms with van der Waals surface area (Å²) < 4.78 is 5.04. The van der Waals surface area contributed by atoms with Crippen molar-refractivity contribution in [2.24, 2.45) is 0 Å². The van der Waals surface area contributed by atoms with Crippen molar-refractivity contribution in [1.29, 1.82) is 0 Å². The Morgan fingerprint density at radius 2 is 0.867 bits per heavy atom. The van der Waals surface area contributed by atoms with Crippen molar-refractivity contribution in [2.45, 2.75) is 19.3 Å². The van der Waals surface area contributed by atoms with Crippen molar-refractivity contribution >= 4 is 60.7 Å². The largest absolute Gasteiger partial charge is 0.311 e. The molecule has 2 aromatic heterocycles. The minimum absolute atomic E-state index is 0.239. The molecule has 12 rings (SSSR count). The van der Waals surface area contributed by atoms with Gasteiger partial charge in [-0.25, -0.2) is 0 Å². The van der Waals surface area contributed by atoms with E-state index in [4.69, 9.17) is 0 Å². The van der Waals surface area contributed by atoms with Gasteiger partial charge in [-0.3, -0.25) is 0 Å². The number of para-hydroxylation sites is 4. The van der Waals surface area contributed by atoms with E-state index in [-0.39, 0.29) is 5.41 Å². The summed E-state index contributed by atoms with van der Waals surface area (Å²) in [4.78, 5) is 2.34. The van der Waals surface area contributed by atoms with Crippen molar-refractivity contribution in [3.05, 3.63) is 223 Å². The molecule has 284 valence electrons. The Labute approximate surface area is 349 Å². The van der Waals surface area contributed by atoms with Gasteiger partial charge in [-0.1, -0.05) is 153 Å². The Balaban J connectivity index is 1.02. The molecule has 0 amide bonds. The van der Waals surface area contributed by atoms with Crippen LogP contribution in [0.4, 0.5) is 17.1 Å². The van der Waals surface area contributed by atoms with Crippen LogP contribution in [-0.4, -0.2) is 9.13 Å². The number of hydrogen-bond acceptors (Lipinski definition) is 1. The molecule has 0 N–H and O–H groups in total. The van der Waals surface area contributed by atoms with E-state index in [0.717, 1.165) is 17.1 Å². The van der Waals surface area contributed by atoms with E-state index in [1.165, 1.54) is 88.4 Å². The van der Waals surface area contributed by atoms with Crippen molar-refractivity contribution in [3.63, 3.8) is 0 Å². The molecule has 1 aliphatic rings. The Bertz CT molecular complexity index is 3410. The van der Waals surface area contributed by atoms with E-state index in [0.29, 0.717) is 0 Å². The van der Waals surface area contributed by atoms with Crippen LogP contribution >= 0.6 is 0 Å². The molecule has 0 unspecified atom stereocenters. The average Bonchev–Trinajstić information content (AvgIpc) is 3.83. The smallest absolute Gasteiger partial charge is 0.0641 e. The zero-order valence-electron chi connectivity index (χ0n) is 33.5. The lowest BCUT2D eigenvalue weighted by Gasteiger charge is -2.35. The van der Waals surface area contributed by atoms with Crippen LogP contribution in [-0.2, 0) is 5.41 Å². The summed E-state index contributed by atoms with van der Waals surface area (Å²) in [6.07, 6.45) is 0. The molecule has 3 nitrogen and oxygen atoms in total. The topological polar surface area (TPSA) is 13.1 Å². The molecule has 0 aliphatic carbocycles. The van der Waals surface area contributed by atoms with E-state index in [1.807, 2.05) is 0 Å². The molecule has 0 saturated carbocycles. The summed E-state index contributed by atoms with van der Waals surface area (Å²) in [5.74, 6) is 0. The molecule has 1 aliphatic heterocycles. The van der Waals surface area contributed by atoms with Gasteiger partial charge in [0.1, 0.15) is 0 Å². The van der Waals surface area contributed by atoms with Gasteiger partial charge in [0.2, 0.25) is 0 Å². The van der Waals surface area contributed by atoms with Gasteiger partial charge in [0.05, 0.1) is 27.8 Å². The Kier molecular flexibility index (Phi) is 7.58. The van der Waals surface area contributed by atoms with Gasteiger partial charge in [0.15, 0.2) is 0 Å². The molecule has 0 fully saturated rings. The molecule has 3 heteroatoms. The minimum atomic E-state index is -0.239. The molecule has 60 heavy (non-hydrogen) atoms. The van der Waals surface area contributed by atoms with Gasteiger partial charge in [-0.2, -0.15) is 0 Å². The fourth-order valence-corrected chi connectivity index (χ4v) is 10.0. The van der Waals surface area contributed by atoms with Crippen molar-refractivity contribution in [3.8, 4) is 33.6 Å². The second kappa shape index (κ2) is 13.2. The van der Waals surface area contributed by atoms with Crippen LogP contribution in [0.5, 0.6) is 0 Å². The van der Waals surface area contributed by atoms with Crippen LogP contribution in [0, 0.1) is 0 Å².